The smallest absolute Gasteiger partial charge is 0.321 e. The van der Waals surface area contributed by atoms with E-state index < -0.39 is 33.2 Å². The van der Waals surface area contributed by atoms with Gasteiger partial charge in [-0.25, -0.2) is 8.42 Å². The summed E-state index contributed by atoms with van der Waals surface area (Å²) in [6.07, 6.45) is -2.94. The van der Waals surface area contributed by atoms with Crippen LogP contribution >= 0.6 is 23.4 Å². The number of carbonyl (C=O) groups excluding carboxylic acids is 1. The summed E-state index contributed by atoms with van der Waals surface area (Å²) >= 11 is 7.26. The highest BCUT2D eigenvalue weighted by Gasteiger charge is 2.34. The molecule has 29 heavy (non-hydrogen) atoms. The normalized spacial score (nSPS) is 13.2. The predicted molar refractivity (Wildman–Crippen MR) is 110 cm³/mol. The summed E-state index contributed by atoms with van der Waals surface area (Å²) in [6.45, 7) is 3.84. The van der Waals surface area contributed by atoms with E-state index in [4.69, 9.17) is 11.6 Å². The zero-order valence-electron chi connectivity index (χ0n) is 15.8. The van der Waals surface area contributed by atoms with Gasteiger partial charge in [-0.3, -0.25) is 4.79 Å². The van der Waals surface area contributed by atoms with Crippen molar-refractivity contribution >= 4 is 44.8 Å². The molecule has 2 aromatic carbocycles. The number of halogens is 4. The van der Waals surface area contributed by atoms with Crippen LogP contribution in [-0.4, -0.2) is 25.8 Å². The van der Waals surface area contributed by atoms with Gasteiger partial charge in [-0.1, -0.05) is 25.4 Å². The fourth-order valence-corrected chi connectivity index (χ4v) is 4.17. The lowest BCUT2D eigenvalue weighted by Crippen LogP contribution is -2.17. The van der Waals surface area contributed by atoms with Gasteiger partial charge in [-0.2, -0.15) is 13.2 Å². The largest absolute Gasteiger partial charge is 0.418 e. The van der Waals surface area contributed by atoms with Crippen molar-refractivity contribution in [3.05, 3.63) is 52.5 Å². The molecular weight excluding hydrogens is 447 g/mol. The van der Waals surface area contributed by atoms with Crippen molar-refractivity contribution in [3.8, 4) is 0 Å². The number of thioether (sulfide) groups is 1. The fourth-order valence-electron chi connectivity index (χ4n) is 2.35. The third-order valence-electron chi connectivity index (χ3n) is 4.07. The second kappa shape index (κ2) is 8.97. The molecule has 4 nitrogen and oxygen atoms in total. The maximum atomic E-state index is 13.5. The summed E-state index contributed by atoms with van der Waals surface area (Å²) in [7, 11) is -3.62. The Morgan fingerprint density at radius 2 is 1.86 bits per heavy atom. The minimum atomic E-state index is -4.69. The van der Waals surface area contributed by atoms with Crippen LogP contribution < -0.4 is 5.32 Å². The molecule has 1 amide bonds. The summed E-state index contributed by atoms with van der Waals surface area (Å²) < 4.78 is 64.0. The zero-order valence-corrected chi connectivity index (χ0v) is 18.2. The lowest BCUT2D eigenvalue weighted by Gasteiger charge is -2.17. The highest BCUT2D eigenvalue weighted by molar-refractivity contribution is 8.00. The van der Waals surface area contributed by atoms with E-state index in [1.807, 2.05) is 13.8 Å². The van der Waals surface area contributed by atoms with Crippen LogP contribution in [-0.2, 0) is 16.0 Å². The van der Waals surface area contributed by atoms with Gasteiger partial charge in [0.1, 0.15) is 0 Å². The Morgan fingerprint density at radius 3 is 2.41 bits per heavy atom. The molecule has 0 radical (unpaired) electrons. The maximum absolute atomic E-state index is 13.5. The lowest BCUT2D eigenvalue weighted by atomic mass is 10.1. The number of anilines is 1. The molecule has 2 aromatic rings. The number of sulfone groups is 1. The third kappa shape index (κ3) is 6.13. The van der Waals surface area contributed by atoms with Gasteiger partial charge in [0, 0.05) is 16.4 Å². The number of benzene rings is 2. The molecule has 0 saturated heterocycles. The second-order valence-electron chi connectivity index (χ2n) is 6.41. The molecule has 2 rings (SSSR count). The molecule has 0 bridgehead atoms. The van der Waals surface area contributed by atoms with Crippen molar-refractivity contribution in [2.45, 2.75) is 41.5 Å². The van der Waals surface area contributed by atoms with Crippen molar-refractivity contribution in [2.24, 2.45) is 0 Å². The van der Waals surface area contributed by atoms with Gasteiger partial charge in [0.15, 0.2) is 9.84 Å². The van der Waals surface area contributed by atoms with E-state index in [9.17, 15) is 26.4 Å². The Morgan fingerprint density at radius 1 is 1.21 bits per heavy atom. The van der Waals surface area contributed by atoms with E-state index in [2.05, 4.69) is 5.32 Å². The average molecular weight is 466 g/mol. The monoisotopic (exact) mass is 465 g/mol. The lowest BCUT2D eigenvalue weighted by molar-refractivity contribution is -0.137. The van der Waals surface area contributed by atoms with Crippen molar-refractivity contribution in [1.82, 2.24) is 0 Å². The van der Waals surface area contributed by atoms with Crippen LogP contribution in [0.15, 0.2) is 46.2 Å². The van der Waals surface area contributed by atoms with Gasteiger partial charge in [-0.15, -0.1) is 11.8 Å². The standard InChI is InChI=1S/C19H19ClF3NO3S2/c1-4-11(2)28-12-5-8-17(15(9-12)19(21,22)23)24-18(25)14-10-13(29(3,26)27)6-7-16(14)20/h5-11H,4H2,1-3H3,(H,24,25). The highest BCUT2D eigenvalue weighted by atomic mass is 35.5. The molecule has 1 unspecified atom stereocenters. The van der Waals surface area contributed by atoms with Crippen LogP contribution in [0.4, 0.5) is 18.9 Å². The van der Waals surface area contributed by atoms with Crippen molar-refractivity contribution < 1.29 is 26.4 Å². The van der Waals surface area contributed by atoms with Crippen LogP contribution in [0.5, 0.6) is 0 Å². The summed E-state index contributed by atoms with van der Waals surface area (Å²) in [6, 6.07) is 7.13. The molecular formula is C19H19ClF3NO3S2. The van der Waals surface area contributed by atoms with E-state index >= 15 is 0 Å². The van der Waals surface area contributed by atoms with Crippen LogP contribution in [0, 0.1) is 0 Å². The Balaban J connectivity index is 2.42. The van der Waals surface area contributed by atoms with E-state index in [1.165, 1.54) is 36.0 Å². The summed E-state index contributed by atoms with van der Waals surface area (Å²) in [5, 5.41) is 2.26. The second-order valence-corrected chi connectivity index (χ2v) is 10.3. The number of amides is 1. The van der Waals surface area contributed by atoms with E-state index in [1.54, 1.807) is 0 Å². The molecule has 0 fully saturated rings. The molecule has 0 saturated carbocycles. The number of hydrogen-bond donors (Lipinski definition) is 1. The Hall–Kier alpha value is -1.71. The van der Waals surface area contributed by atoms with Crippen LogP contribution in [0.1, 0.15) is 36.2 Å². The first-order valence-corrected chi connectivity index (χ1v) is 11.7. The Kier molecular flexibility index (Phi) is 7.29. The first kappa shape index (κ1) is 23.6. The van der Waals surface area contributed by atoms with E-state index in [0.717, 1.165) is 24.8 Å². The van der Waals surface area contributed by atoms with Gasteiger partial charge in [0.25, 0.3) is 5.91 Å². The minimum absolute atomic E-state index is 0.0765. The molecule has 0 spiro atoms. The van der Waals surface area contributed by atoms with Gasteiger partial charge in [-0.05, 0) is 42.8 Å². The third-order valence-corrected chi connectivity index (χ3v) is 6.77. The fraction of sp³-hybridized carbons (Fsp3) is 0.316. The zero-order chi connectivity index (χ0) is 22.0. The van der Waals surface area contributed by atoms with Crippen LogP contribution in [0.25, 0.3) is 0 Å². The van der Waals surface area contributed by atoms with Crippen LogP contribution in [0.3, 0.4) is 0 Å². The topological polar surface area (TPSA) is 63.2 Å². The van der Waals surface area contributed by atoms with Crippen molar-refractivity contribution in [2.75, 3.05) is 11.6 Å². The molecule has 0 aliphatic heterocycles. The van der Waals surface area contributed by atoms with Crippen molar-refractivity contribution in [3.63, 3.8) is 0 Å². The molecule has 0 aliphatic carbocycles. The van der Waals surface area contributed by atoms with Gasteiger partial charge in [0.05, 0.1) is 26.7 Å². The first-order valence-electron chi connectivity index (χ1n) is 8.51. The highest BCUT2D eigenvalue weighted by Crippen LogP contribution is 2.38. The average Bonchev–Trinajstić information content (AvgIpc) is 2.61. The molecule has 1 N–H and O–H groups in total. The molecule has 10 heteroatoms. The Bertz CT molecular complexity index is 1020. The SMILES string of the molecule is CCC(C)Sc1ccc(NC(=O)c2cc(S(C)(=O)=O)ccc2Cl)c(C(F)(F)F)c1. The summed E-state index contributed by atoms with van der Waals surface area (Å²) in [5.41, 5.74) is -1.66. The molecule has 158 valence electrons. The quantitative estimate of drug-likeness (QED) is 0.539. The maximum Gasteiger partial charge on any atom is 0.418 e. The Labute approximate surface area is 176 Å². The van der Waals surface area contributed by atoms with Gasteiger partial charge >= 0.3 is 6.18 Å². The first-order chi connectivity index (χ1) is 13.3. The molecule has 0 heterocycles. The number of nitrogens with one attached hydrogen (secondary N) is 1. The van der Waals surface area contributed by atoms with Crippen molar-refractivity contribution in [1.29, 1.82) is 0 Å². The summed E-state index contributed by atoms with van der Waals surface area (Å²) in [5.74, 6) is -0.937. The molecule has 1 atom stereocenters. The predicted octanol–water partition coefficient (Wildman–Crippen LogP) is 5.91. The number of alkyl halides is 3. The summed E-state index contributed by atoms with van der Waals surface area (Å²) in [4.78, 5) is 12.8. The van der Waals surface area contributed by atoms with Gasteiger partial charge in [0.2, 0.25) is 0 Å². The molecule has 0 aromatic heterocycles. The van der Waals surface area contributed by atoms with E-state index in [0.29, 0.717) is 4.90 Å². The number of hydrogen-bond acceptors (Lipinski definition) is 4. The van der Waals surface area contributed by atoms with Gasteiger partial charge < -0.3 is 5.32 Å². The van der Waals surface area contributed by atoms with Crippen LogP contribution in [0.2, 0.25) is 5.02 Å². The number of rotatable bonds is 6. The minimum Gasteiger partial charge on any atom is -0.321 e. The molecule has 0 aliphatic rings. The van der Waals surface area contributed by atoms with E-state index in [-0.39, 0.29) is 20.7 Å². The number of carbonyl (C=O) groups is 1.